The molecule has 3 fully saturated rings. The van der Waals surface area contributed by atoms with Gasteiger partial charge in [0.1, 0.15) is 29.6 Å². The molecule has 7 nitrogen and oxygen atoms in total. The molecule has 1 aliphatic heterocycles. The highest BCUT2D eigenvalue weighted by Gasteiger charge is 2.72. The Balaban J connectivity index is 2.01. The Bertz CT molecular complexity index is 801. The normalized spacial score (nSPS) is 37.6. The molecule has 7 atom stereocenters. The number of esters is 3. The highest BCUT2D eigenvalue weighted by molar-refractivity contribution is 7.93. The van der Waals surface area contributed by atoms with E-state index in [4.69, 9.17) is 14.2 Å². The zero-order valence-electron chi connectivity index (χ0n) is 19.6. The van der Waals surface area contributed by atoms with Gasteiger partial charge in [-0.3, -0.25) is 9.59 Å². The van der Waals surface area contributed by atoms with Crippen LogP contribution in [0.3, 0.4) is 0 Å². The first-order valence-electron chi connectivity index (χ1n) is 11.2. The van der Waals surface area contributed by atoms with Crippen molar-refractivity contribution in [3.8, 4) is 0 Å². The van der Waals surface area contributed by atoms with Gasteiger partial charge in [-0.05, 0) is 53.3 Å². The smallest absolute Gasteiger partial charge is 0.335 e. The van der Waals surface area contributed by atoms with Gasteiger partial charge in [0.05, 0.1) is 12.3 Å². The second-order valence-electron chi connectivity index (χ2n) is 10.1. The molecule has 0 amide bonds. The molecule has 0 aromatic carbocycles. The molecule has 0 N–H and O–H groups in total. The number of rotatable bonds is 6. The van der Waals surface area contributed by atoms with Gasteiger partial charge in [-0.15, -0.1) is 0 Å². The Morgan fingerprint density at radius 1 is 1.34 bits per heavy atom. The number of hydrogen-bond donors (Lipinski definition) is 0. The van der Waals surface area contributed by atoms with Crippen LogP contribution in [0.5, 0.6) is 0 Å². The van der Waals surface area contributed by atoms with Crippen molar-refractivity contribution in [1.29, 1.82) is 0 Å². The van der Waals surface area contributed by atoms with E-state index in [1.165, 1.54) is 17.7 Å². The highest BCUT2D eigenvalue weighted by atomic mass is 32.2. The molecule has 0 bridgehead atoms. The molecular weight excluding hydrogens is 432 g/mol. The SMILES string of the molecule is C=C1COC(=O)[C@]12C[C@@]1(C)[C@H]([C@@H](OC(=O)/C=C\[S+](C)[O-])CC[C@@H]1C)[C@H]2OC(=O)CC(C)C. The van der Waals surface area contributed by atoms with E-state index < -0.39 is 46.2 Å². The number of ether oxygens (including phenoxy) is 3. The molecule has 8 heteroatoms. The molecule has 0 radical (unpaired) electrons. The van der Waals surface area contributed by atoms with Crippen molar-refractivity contribution in [3.05, 3.63) is 23.6 Å². The van der Waals surface area contributed by atoms with E-state index in [1.54, 1.807) is 0 Å². The van der Waals surface area contributed by atoms with Crippen LogP contribution >= 0.6 is 0 Å². The van der Waals surface area contributed by atoms with Gasteiger partial charge in [-0.1, -0.05) is 34.3 Å². The number of carbonyl (C=O) groups excluding carboxylic acids is 3. The Hall–Kier alpha value is -1.80. The third-order valence-electron chi connectivity index (χ3n) is 7.51. The fourth-order valence-electron chi connectivity index (χ4n) is 5.76. The Morgan fingerprint density at radius 3 is 2.59 bits per heavy atom. The van der Waals surface area contributed by atoms with Crippen LogP contribution in [-0.4, -0.2) is 47.5 Å². The fourth-order valence-corrected chi connectivity index (χ4v) is 6.06. The minimum atomic E-state index is -1.27. The first kappa shape index (κ1) is 24.8. The third-order valence-corrected chi connectivity index (χ3v) is 8.03. The average molecular weight is 467 g/mol. The van der Waals surface area contributed by atoms with Crippen molar-refractivity contribution in [2.75, 3.05) is 12.9 Å². The first-order chi connectivity index (χ1) is 14.9. The molecule has 3 aliphatic rings. The zero-order valence-corrected chi connectivity index (χ0v) is 20.4. The standard InChI is InChI=1S/C24H34O7S/c1-14(2)11-19(26)31-21-20-17(30-18(25)9-10-32(6)28)8-7-15(3)23(20,5)13-24(21)16(4)12-29-22(24)27/h9-10,14-15,17,20-21H,4,7-8,11-13H2,1-3,5-6H3/b10-9-/t15-,17-,20+,21+,23+,24+,32?/m0/s1. The molecule has 2 saturated carbocycles. The Labute approximate surface area is 193 Å². The zero-order chi connectivity index (χ0) is 23.8. The number of fused-ring (bicyclic) bond motifs is 1. The molecule has 1 unspecified atom stereocenters. The number of cyclic esters (lactones) is 1. The number of hydrogen-bond acceptors (Lipinski definition) is 7. The average Bonchev–Trinajstić information content (AvgIpc) is 3.12. The summed E-state index contributed by atoms with van der Waals surface area (Å²) in [7, 11) is 0. The van der Waals surface area contributed by atoms with Crippen molar-refractivity contribution < 1.29 is 33.1 Å². The van der Waals surface area contributed by atoms with Crippen LogP contribution in [0.15, 0.2) is 23.6 Å². The predicted molar refractivity (Wildman–Crippen MR) is 120 cm³/mol. The summed E-state index contributed by atoms with van der Waals surface area (Å²) in [5.74, 6) is -1.46. The summed E-state index contributed by atoms with van der Waals surface area (Å²) in [5.41, 5.74) is -0.940. The van der Waals surface area contributed by atoms with E-state index in [0.717, 1.165) is 6.42 Å². The fraction of sp³-hybridized carbons (Fsp3) is 0.708. The molecule has 1 saturated heterocycles. The van der Waals surface area contributed by atoms with Gasteiger partial charge in [0, 0.05) is 12.3 Å². The van der Waals surface area contributed by atoms with E-state index in [0.29, 0.717) is 18.4 Å². The maximum Gasteiger partial charge on any atom is 0.335 e. The van der Waals surface area contributed by atoms with Gasteiger partial charge in [-0.25, -0.2) is 4.79 Å². The van der Waals surface area contributed by atoms with Gasteiger partial charge < -0.3 is 18.8 Å². The van der Waals surface area contributed by atoms with Crippen LogP contribution in [0.4, 0.5) is 0 Å². The maximum atomic E-state index is 13.1. The molecule has 1 spiro atoms. The lowest BCUT2D eigenvalue weighted by atomic mass is 9.61. The summed E-state index contributed by atoms with van der Waals surface area (Å²) in [4.78, 5) is 38.3. The van der Waals surface area contributed by atoms with Crippen molar-refractivity contribution in [3.63, 3.8) is 0 Å². The minimum Gasteiger partial charge on any atom is -0.612 e. The summed E-state index contributed by atoms with van der Waals surface area (Å²) in [5, 5.41) is 1.28. The Morgan fingerprint density at radius 2 is 2.03 bits per heavy atom. The summed E-state index contributed by atoms with van der Waals surface area (Å²) >= 11 is -1.27. The van der Waals surface area contributed by atoms with Crippen LogP contribution < -0.4 is 0 Å². The van der Waals surface area contributed by atoms with E-state index in [2.05, 4.69) is 20.4 Å². The summed E-state index contributed by atoms with van der Waals surface area (Å²) in [6, 6.07) is 0. The van der Waals surface area contributed by atoms with Crippen LogP contribution in [0.1, 0.15) is 53.4 Å². The van der Waals surface area contributed by atoms with Gasteiger partial charge in [-0.2, -0.15) is 0 Å². The monoisotopic (exact) mass is 466 g/mol. The molecular formula is C24H34O7S. The lowest BCUT2D eigenvalue weighted by Gasteiger charge is -2.46. The predicted octanol–water partition coefficient (Wildman–Crippen LogP) is 3.30. The second-order valence-corrected chi connectivity index (χ2v) is 11.4. The lowest BCUT2D eigenvalue weighted by Crippen LogP contribution is -2.50. The van der Waals surface area contributed by atoms with Crippen LogP contribution in [0.25, 0.3) is 0 Å². The summed E-state index contributed by atoms with van der Waals surface area (Å²) < 4.78 is 28.5. The van der Waals surface area contributed by atoms with E-state index in [1.807, 2.05) is 13.8 Å². The molecule has 178 valence electrons. The van der Waals surface area contributed by atoms with E-state index in [-0.39, 0.29) is 36.8 Å². The number of carbonyl (C=O) groups is 3. The van der Waals surface area contributed by atoms with Crippen LogP contribution in [0, 0.1) is 28.6 Å². The topological polar surface area (TPSA) is 102 Å². The molecule has 1 heterocycles. The minimum absolute atomic E-state index is 0.101. The quantitative estimate of drug-likeness (QED) is 0.195. The molecule has 2 aliphatic carbocycles. The van der Waals surface area contributed by atoms with Gasteiger partial charge in [0.25, 0.3) is 0 Å². The maximum absolute atomic E-state index is 13.1. The summed E-state index contributed by atoms with van der Waals surface area (Å²) in [6.45, 7) is 12.3. The van der Waals surface area contributed by atoms with Crippen molar-refractivity contribution in [1.82, 2.24) is 0 Å². The van der Waals surface area contributed by atoms with Crippen LogP contribution in [0.2, 0.25) is 0 Å². The van der Waals surface area contributed by atoms with Crippen molar-refractivity contribution >= 4 is 29.1 Å². The molecule has 32 heavy (non-hydrogen) atoms. The largest absolute Gasteiger partial charge is 0.612 e. The highest BCUT2D eigenvalue weighted by Crippen LogP contribution is 2.66. The van der Waals surface area contributed by atoms with Gasteiger partial charge in [0.15, 0.2) is 0 Å². The third kappa shape index (κ3) is 4.36. The van der Waals surface area contributed by atoms with Gasteiger partial charge >= 0.3 is 17.9 Å². The van der Waals surface area contributed by atoms with Gasteiger partial charge in [0.2, 0.25) is 0 Å². The van der Waals surface area contributed by atoms with E-state index in [9.17, 15) is 18.9 Å². The second kappa shape index (κ2) is 9.21. The first-order valence-corrected chi connectivity index (χ1v) is 12.8. The molecule has 3 rings (SSSR count). The summed E-state index contributed by atoms with van der Waals surface area (Å²) in [6.07, 6.45) is 3.32. The van der Waals surface area contributed by atoms with Crippen LogP contribution in [-0.2, 0) is 39.8 Å². The van der Waals surface area contributed by atoms with E-state index >= 15 is 0 Å². The molecule has 0 aromatic heterocycles. The van der Waals surface area contributed by atoms with Crippen molar-refractivity contribution in [2.45, 2.75) is 65.6 Å². The molecule has 0 aromatic rings. The Kier molecular flexibility index (Phi) is 7.15. The lowest BCUT2D eigenvalue weighted by molar-refractivity contribution is -0.174. The van der Waals surface area contributed by atoms with Crippen molar-refractivity contribution in [2.24, 2.45) is 28.6 Å².